The molecule has 0 spiro atoms. The van der Waals surface area contributed by atoms with E-state index in [2.05, 4.69) is 41.5 Å². The van der Waals surface area contributed by atoms with Crippen molar-refractivity contribution in [2.45, 2.75) is 6.04 Å². The zero-order valence-electron chi connectivity index (χ0n) is 19.1. The lowest BCUT2D eigenvalue weighted by Crippen LogP contribution is -3.27. The van der Waals surface area contributed by atoms with Gasteiger partial charge in [0.25, 0.3) is 5.91 Å². The molecule has 0 unspecified atom stereocenters. The molecule has 2 aromatic carbocycles. The molecule has 168 valence electrons. The minimum absolute atomic E-state index is 0.000829. The average molecular weight is 429 g/mol. The Labute approximate surface area is 185 Å². The lowest BCUT2D eigenvalue weighted by molar-refractivity contribution is -1.02. The lowest BCUT2D eigenvalue weighted by atomic mass is 10.0. The van der Waals surface area contributed by atoms with E-state index in [1.807, 2.05) is 26.2 Å². The number of quaternary nitrogens is 2. The molecule has 0 radical (unpaired) electrons. The summed E-state index contributed by atoms with van der Waals surface area (Å²) in [6, 6.07) is 16.2. The molecular weight excluding hydrogens is 392 g/mol. The molecule has 1 fully saturated rings. The quantitative estimate of drug-likeness (QED) is 0.500. The molecule has 7 heteroatoms. The first-order chi connectivity index (χ1) is 15.0. The highest BCUT2D eigenvalue weighted by molar-refractivity contribution is 5.77. The summed E-state index contributed by atoms with van der Waals surface area (Å²) in [4.78, 5) is 17.7. The Bertz CT molecular complexity index is 816. The van der Waals surface area contributed by atoms with E-state index in [1.54, 1.807) is 24.1 Å². The number of carbonyl (C=O) groups excluding carboxylic acids is 1. The van der Waals surface area contributed by atoms with E-state index >= 15 is 0 Å². The zero-order chi connectivity index (χ0) is 22.2. The molecule has 1 saturated heterocycles. The Kier molecular flexibility index (Phi) is 8.14. The topological polar surface area (TPSA) is 59.7 Å². The van der Waals surface area contributed by atoms with Gasteiger partial charge in [0, 0.05) is 25.3 Å². The Hall–Kier alpha value is -2.77. The standard InChI is InChI=1S/C24H34N4O3/c1-26(2)20-7-5-19(6-8-20)23(28-15-13-27(3)14-16-28)17-25-24(29)18-31-22-11-9-21(30-4)10-12-22/h5-12,23H,13-18H2,1-4H3,(H,25,29)/p+2/t23-/m0/s1. The van der Waals surface area contributed by atoms with Crippen molar-refractivity contribution in [3.8, 4) is 11.5 Å². The number of hydrogen-bond donors (Lipinski definition) is 3. The molecule has 1 amide bonds. The molecule has 1 aliphatic rings. The molecule has 3 N–H and O–H groups in total. The molecule has 0 aliphatic carbocycles. The highest BCUT2D eigenvalue weighted by Gasteiger charge is 2.29. The fraction of sp³-hybridized carbons (Fsp3) is 0.458. The number of rotatable bonds is 9. The van der Waals surface area contributed by atoms with Gasteiger partial charge in [-0.25, -0.2) is 0 Å². The number of methoxy groups -OCH3 is 1. The number of carbonyl (C=O) groups is 1. The normalized spacial score (nSPS) is 19.4. The van der Waals surface area contributed by atoms with E-state index in [0.717, 1.165) is 31.9 Å². The van der Waals surface area contributed by atoms with Gasteiger partial charge in [-0.1, -0.05) is 12.1 Å². The van der Waals surface area contributed by atoms with Crippen LogP contribution in [0.2, 0.25) is 0 Å². The van der Waals surface area contributed by atoms with Gasteiger partial charge < -0.3 is 29.5 Å². The van der Waals surface area contributed by atoms with Crippen LogP contribution < -0.4 is 29.5 Å². The second kappa shape index (κ2) is 11.0. The minimum Gasteiger partial charge on any atom is -0.497 e. The van der Waals surface area contributed by atoms with Crippen LogP contribution in [-0.4, -0.2) is 73.5 Å². The van der Waals surface area contributed by atoms with Gasteiger partial charge in [0.2, 0.25) is 0 Å². The van der Waals surface area contributed by atoms with Crippen LogP contribution >= 0.6 is 0 Å². The maximum atomic E-state index is 12.5. The van der Waals surface area contributed by atoms with Gasteiger partial charge in [-0.3, -0.25) is 4.79 Å². The van der Waals surface area contributed by atoms with E-state index < -0.39 is 0 Å². The number of nitrogens with one attached hydrogen (secondary N) is 3. The van der Waals surface area contributed by atoms with Crippen LogP contribution in [0.4, 0.5) is 5.69 Å². The van der Waals surface area contributed by atoms with Gasteiger partial charge in [-0.15, -0.1) is 0 Å². The van der Waals surface area contributed by atoms with Crippen molar-refractivity contribution in [3.63, 3.8) is 0 Å². The van der Waals surface area contributed by atoms with Crippen molar-refractivity contribution in [3.05, 3.63) is 54.1 Å². The smallest absolute Gasteiger partial charge is 0.258 e. The summed E-state index contributed by atoms with van der Waals surface area (Å²) in [5.74, 6) is 1.31. The van der Waals surface area contributed by atoms with Crippen molar-refractivity contribution in [2.24, 2.45) is 0 Å². The van der Waals surface area contributed by atoms with Crippen molar-refractivity contribution in [1.82, 2.24) is 5.32 Å². The minimum atomic E-state index is -0.107. The number of amides is 1. The van der Waals surface area contributed by atoms with Crippen LogP contribution in [0.25, 0.3) is 0 Å². The Morgan fingerprint density at radius 1 is 1.00 bits per heavy atom. The molecule has 0 bridgehead atoms. The molecule has 31 heavy (non-hydrogen) atoms. The van der Waals surface area contributed by atoms with Crippen LogP contribution in [0.15, 0.2) is 48.5 Å². The number of hydrogen-bond acceptors (Lipinski definition) is 4. The SMILES string of the molecule is COc1ccc(OCC(=O)NC[C@@H](c2ccc(N(C)C)cc2)[NH+]2CC[NH+](C)CC2)cc1. The monoisotopic (exact) mass is 428 g/mol. The maximum absolute atomic E-state index is 12.5. The first-order valence-corrected chi connectivity index (χ1v) is 10.9. The third-order valence-electron chi connectivity index (χ3n) is 5.98. The van der Waals surface area contributed by atoms with Gasteiger partial charge in [0.05, 0.1) is 20.7 Å². The Balaban J connectivity index is 1.60. The third-order valence-corrected chi connectivity index (χ3v) is 5.98. The average Bonchev–Trinajstić information content (AvgIpc) is 2.79. The highest BCUT2D eigenvalue weighted by atomic mass is 16.5. The molecule has 3 rings (SSSR count). The van der Waals surface area contributed by atoms with Crippen molar-refractivity contribution >= 4 is 11.6 Å². The number of ether oxygens (including phenoxy) is 2. The van der Waals surface area contributed by atoms with Gasteiger partial charge >= 0.3 is 0 Å². The molecule has 0 aromatic heterocycles. The Morgan fingerprint density at radius 2 is 1.61 bits per heavy atom. The molecule has 1 atom stereocenters. The summed E-state index contributed by atoms with van der Waals surface area (Å²) in [7, 11) is 7.96. The van der Waals surface area contributed by atoms with Gasteiger partial charge in [0.1, 0.15) is 43.7 Å². The predicted molar refractivity (Wildman–Crippen MR) is 122 cm³/mol. The molecule has 7 nitrogen and oxygen atoms in total. The van der Waals surface area contributed by atoms with E-state index in [0.29, 0.717) is 12.3 Å². The summed E-state index contributed by atoms with van der Waals surface area (Å²) < 4.78 is 10.8. The first-order valence-electron chi connectivity index (χ1n) is 10.9. The van der Waals surface area contributed by atoms with Crippen LogP contribution in [0.5, 0.6) is 11.5 Å². The highest BCUT2D eigenvalue weighted by Crippen LogP contribution is 2.17. The van der Waals surface area contributed by atoms with Gasteiger partial charge in [-0.2, -0.15) is 0 Å². The number of piperazine rings is 1. The van der Waals surface area contributed by atoms with Gasteiger partial charge in [-0.05, 0) is 36.4 Å². The predicted octanol–water partition coefficient (Wildman–Crippen LogP) is -0.589. The summed E-state index contributed by atoms with van der Waals surface area (Å²) in [5, 5.41) is 3.09. The number of likely N-dealkylation sites (N-methyl/N-ethyl adjacent to an activating group) is 1. The maximum Gasteiger partial charge on any atom is 0.258 e. The first kappa shape index (κ1) is 22.9. The van der Waals surface area contributed by atoms with Crippen molar-refractivity contribution in [1.29, 1.82) is 0 Å². The van der Waals surface area contributed by atoms with Crippen molar-refractivity contribution in [2.75, 3.05) is 72.5 Å². The van der Waals surface area contributed by atoms with Crippen LogP contribution in [0.1, 0.15) is 11.6 Å². The van der Waals surface area contributed by atoms with E-state index in [1.165, 1.54) is 16.2 Å². The fourth-order valence-electron chi connectivity index (χ4n) is 3.94. The van der Waals surface area contributed by atoms with Crippen LogP contribution in [-0.2, 0) is 4.79 Å². The van der Waals surface area contributed by atoms with Gasteiger partial charge in [0.15, 0.2) is 6.61 Å². The van der Waals surface area contributed by atoms with E-state index in [4.69, 9.17) is 9.47 Å². The summed E-state index contributed by atoms with van der Waals surface area (Å²) in [5.41, 5.74) is 2.44. The summed E-state index contributed by atoms with van der Waals surface area (Å²) in [6.45, 7) is 5.10. The largest absolute Gasteiger partial charge is 0.497 e. The molecule has 0 saturated carbocycles. The van der Waals surface area contributed by atoms with E-state index in [-0.39, 0.29) is 18.6 Å². The number of nitrogens with zero attached hydrogens (tertiary/aromatic N) is 1. The fourth-order valence-corrected chi connectivity index (χ4v) is 3.94. The molecule has 2 aromatic rings. The second-order valence-corrected chi connectivity index (χ2v) is 8.42. The summed E-state index contributed by atoms with van der Waals surface area (Å²) >= 11 is 0. The summed E-state index contributed by atoms with van der Waals surface area (Å²) in [6.07, 6.45) is 0. The zero-order valence-corrected chi connectivity index (χ0v) is 19.1. The van der Waals surface area contributed by atoms with E-state index in [9.17, 15) is 4.79 Å². The molecule has 1 heterocycles. The molecular formula is C24H36N4O3+2. The van der Waals surface area contributed by atoms with Crippen LogP contribution in [0.3, 0.4) is 0 Å². The molecule has 1 aliphatic heterocycles. The second-order valence-electron chi connectivity index (χ2n) is 8.42. The number of benzene rings is 2. The third kappa shape index (κ3) is 6.60. The lowest BCUT2D eigenvalue weighted by Gasteiger charge is -2.33. The Morgan fingerprint density at radius 3 is 2.19 bits per heavy atom. The van der Waals surface area contributed by atoms with Crippen LogP contribution in [0, 0.1) is 0 Å². The van der Waals surface area contributed by atoms with Crippen molar-refractivity contribution < 1.29 is 24.1 Å². The number of anilines is 1.